The molecule has 38 heavy (non-hydrogen) atoms. The fourth-order valence-electron chi connectivity index (χ4n) is 6.09. The molecule has 11 heteroatoms. The molecule has 10 nitrogen and oxygen atoms in total. The van der Waals surface area contributed by atoms with Gasteiger partial charge in [0, 0.05) is 57.7 Å². The summed E-state index contributed by atoms with van der Waals surface area (Å²) in [5, 5.41) is 19.7. The summed E-state index contributed by atoms with van der Waals surface area (Å²) in [6.45, 7) is 4.89. The van der Waals surface area contributed by atoms with Crippen molar-refractivity contribution in [2.75, 3.05) is 58.2 Å². The van der Waals surface area contributed by atoms with E-state index in [1.807, 2.05) is 23.1 Å². The maximum absolute atomic E-state index is 13.4. The number of hydrogen-bond acceptors (Lipinski definition) is 7. The van der Waals surface area contributed by atoms with Crippen molar-refractivity contribution in [2.45, 2.75) is 57.4 Å². The number of aliphatic hydroxyl groups excluding tert-OH is 1. The van der Waals surface area contributed by atoms with E-state index in [1.54, 1.807) is 4.90 Å². The number of hydrogen-bond donors (Lipinski definition) is 2. The highest BCUT2D eigenvalue weighted by Gasteiger charge is 2.47. The van der Waals surface area contributed by atoms with E-state index in [2.05, 4.69) is 6.92 Å². The fraction of sp³-hybridized carbons (Fsp3) is 0.704. The van der Waals surface area contributed by atoms with Crippen LogP contribution in [-0.2, 0) is 26.0 Å². The van der Waals surface area contributed by atoms with Crippen molar-refractivity contribution in [1.29, 1.82) is 0 Å². The zero-order valence-corrected chi connectivity index (χ0v) is 23.1. The van der Waals surface area contributed by atoms with Crippen molar-refractivity contribution < 1.29 is 33.0 Å². The highest BCUT2D eigenvalue weighted by molar-refractivity contribution is 7.89. The van der Waals surface area contributed by atoms with Crippen molar-refractivity contribution in [2.24, 2.45) is 5.92 Å². The minimum Gasteiger partial charge on any atom is -0.493 e. The first kappa shape index (κ1) is 28.8. The van der Waals surface area contributed by atoms with Crippen LogP contribution < -0.4 is 4.74 Å². The predicted octanol–water partition coefficient (Wildman–Crippen LogP) is 1.53. The number of aliphatic hydroxyl groups is 1. The average molecular weight is 552 g/mol. The number of carboxylic acids is 1. The first-order valence-corrected chi connectivity index (χ1v) is 15.4. The molecule has 3 atom stereocenters. The van der Waals surface area contributed by atoms with E-state index in [1.165, 1.54) is 4.31 Å². The van der Waals surface area contributed by atoms with Crippen LogP contribution in [0.25, 0.3) is 0 Å². The summed E-state index contributed by atoms with van der Waals surface area (Å²) in [5.41, 5.74) is 1.98. The highest BCUT2D eigenvalue weighted by atomic mass is 32.2. The Morgan fingerprint density at radius 3 is 2.68 bits per heavy atom. The Morgan fingerprint density at radius 2 is 2.00 bits per heavy atom. The third kappa shape index (κ3) is 6.50. The minimum absolute atomic E-state index is 0.00222. The SMILES string of the molecule is CCCCN(CCCO)C(=O)CN1CC(c2ccc3c(c2)CCO3)C(C(=O)O)C1CCN1CCCS1(=O)=O. The Labute approximate surface area is 225 Å². The number of unbranched alkanes of at least 4 members (excludes halogenated alkanes) is 1. The lowest BCUT2D eigenvalue weighted by molar-refractivity contribution is -0.144. The number of carbonyl (C=O) groups excluding carboxylic acids is 1. The molecule has 3 heterocycles. The van der Waals surface area contributed by atoms with Crippen LogP contribution in [0.5, 0.6) is 5.75 Å². The topological polar surface area (TPSA) is 128 Å². The molecule has 0 bridgehead atoms. The molecule has 1 amide bonds. The van der Waals surface area contributed by atoms with Gasteiger partial charge < -0.3 is 19.8 Å². The summed E-state index contributed by atoms with van der Waals surface area (Å²) >= 11 is 0. The molecule has 0 spiro atoms. The van der Waals surface area contributed by atoms with Crippen LogP contribution in [0.3, 0.4) is 0 Å². The summed E-state index contributed by atoms with van der Waals surface area (Å²) in [4.78, 5) is 29.8. The van der Waals surface area contributed by atoms with Gasteiger partial charge in [0.2, 0.25) is 15.9 Å². The second-order valence-electron chi connectivity index (χ2n) is 10.6. The van der Waals surface area contributed by atoms with Gasteiger partial charge in [0.05, 0.1) is 24.8 Å². The maximum Gasteiger partial charge on any atom is 0.308 e. The van der Waals surface area contributed by atoms with Gasteiger partial charge >= 0.3 is 5.97 Å². The van der Waals surface area contributed by atoms with E-state index in [4.69, 9.17) is 4.74 Å². The van der Waals surface area contributed by atoms with Gasteiger partial charge in [0.15, 0.2) is 0 Å². The fourth-order valence-corrected chi connectivity index (χ4v) is 7.63. The molecular formula is C27H41N3O7S. The number of rotatable bonds is 13. The number of likely N-dealkylation sites (tertiary alicyclic amines) is 1. The molecular weight excluding hydrogens is 510 g/mol. The molecule has 1 aromatic carbocycles. The zero-order chi connectivity index (χ0) is 27.3. The van der Waals surface area contributed by atoms with Crippen molar-refractivity contribution in [3.8, 4) is 5.75 Å². The minimum atomic E-state index is -3.31. The number of fused-ring (bicyclic) bond motifs is 1. The van der Waals surface area contributed by atoms with Gasteiger partial charge in [-0.15, -0.1) is 0 Å². The van der Waals surface area contributed by atoms with Crippen LogP contribution in [0.2, 0.25) is 0 Å². The smallest absolute Gasteiger partial charge is 0.308 e. The van der Waals surface area contributed by atoms with Crippen molar-refractivity contribution in [1.82, 2.24) is 14.1 Å². The van der Waals surface area contributed by atoms with Gasteiger partial charge in [-0.3, -0.25) is 14.5 Å². The zero-order valence-electron chi connectivity index (χ0n) is 22.3. The number of amides is 1. The molecule has 0 aliphatic carbocycles. The maximum atomic E-state index is 13.4. The van der Waals surface area contributed by atoms with Crippen molar-refractivity contribution in [3.05, 3.63) is 29.3 Å². The summed E-state index contributed by atoms with van der Waals surface area (Å²) in [5.74, 6) is -1.16. The molecule has 3 aliphatic heterocycles. The van der Waals surface area contributed by atoms with Crippen molar-refractivity contribution in [3.63, 3.8) is 0 Å². The molecule has 212 valence electrons. The monoisotopic (exact) mass is 551 g/mol. The summed E-state index contributed by atoms with van der Waals surface area (Å²) in [7, 11) is -3.31. The first-order valence-electron chi connectivity index (χ1n) is 13.8. The third-order valence-corrected chi connectivity index (χ3v) is 10.1. The molecule has 2 N–H and O–H groups in total. The van der Waals surface area contributed by atoms with Gasteiger partial charge in [-0.2, -0.15) is 0 Å². The van der Waals surface area contributed by atoms with E-state index in [0.717, 1.165) is 36.1 Å². The Bertz CT molecular complexity index is 1090. The normalized spacial score (nSPS) is 24.8. The van der Waals surface area contributed by atoms with E-state index in [0.29, 0.717) is 52.0 Å². The van der Waals surface area contributed by atoms with Gasteiger partial charge in [-0.25, -0.2) is 12.7 Å². The second-order valence-corrected chi connectivity index (χ2v) is 12.7. The van der Waals surface area contributed by atoms with Crippen molar-refractivity contribution >= 4 is 21.9 Å². The Balaban J connectivity index is 1.59. The molecule has 3 aliphatic rings. The predicted molar refractivity (Wildman–Crippen MR) is 143 cm³/mol. The van der Waals surface area contributed by atoms with Gasteiger partial charge in [-0.1, -0.05) is 25.5 Å². The third-order valence-electron chi connectivity index (χ3n) is 8.11. The molecule has 2 fully saturated rings. The van der Waals surface area contributed by atoms with E-state index in [-0.39, 0.29) is 37.3 Å². The lowest BCUT2D eigenvalue weighted by Crippen LogP contribution is -2.46. The summed E-state index contributed by atoms with van der Waals surface area (Å²) in [6, 6.07) is 5.38. The second kappa shape index (κ2) is 12.8. The largest absolute Gasteiger partial charge is 0.493 e. The average Bonchev–Trinajstić information content (AvgIpc) is 3.58. The molecule has 1 aromatic rings. The summed E-state index contributed by atoms with van der Waals surface area (Å²) in [6.07, 6.45) is 3.98. The Kier molecular flexibility index (Phi) is 9.67. The number of sulfonamides is 1. The van der Waals surface area contributed by atoms with Crippen LogP contribution in [0, 0.1) is 5.92 Å². The van der Waals surface area contributed by atoms with Gasteiger partial charge in [0.1, 0.15) is 5.75 Å². The van der Waals surface area contributed by atoms with Crippen LogP contribution in [0.1, 0.15) is 56.1 Å². The van der Waals surface area contributed by atoms with Crippen LogP contribution >= 0.6 is 0 Å². The van der Waals surface area contributed by atoms with Gasteiger partial charge in [0.25, 0.3) is 0 Å². The Morgan fingerprint density at radius 1 is 1.21 bits per heavy atom. The number of carbonyl (C=O) groups is 2. The standard InChI is InChI=1S/C27H41N3O7S/c1-2-3-10-28(11-4-14-31)25(32)19-29-18-22(20-6-7-24-21(17-20)9-15-37-24)26(27(33)34)23(29)8-13-30-12-5-16-38(30,35)36/h6-7,17,22-23,26,31H,2-5,8-16,18-19H2,1H3,(H,33,34). The highest BCUT2D eigenvalue weighted by Crippen LogP contribution is 2.41. The number of benzene rings is 1. The van der Waals surface area contributed by atoms with E-state index < -0.39 is 28.0 Å². The van der Waals surface area contributed by atoms with Crippen LogP contribution in [0.4, 0.5) is 0 Å². The Hall–Kier alpha value is -2.21. The molecule has 0 aromatic heterocycles. The number of ether oxygens (including phenoxy) is 1. The van der Waals surface area contributed by atoms with Crippen LogP contribution in [-0.4, -0.2) is 109 Å². The number of aliphatic carboxylic acids is 1. The number of carboxylic acid groups (broad SMARTS) is 1. The van der Waals surface area contributed by atoms with Crippen LogP contribution in [0.15, 0.2) is 18.2 Å². The van der Waals surface area contributed by atoms with E-state index >= 15 is 0 Å². The molecule has 0 radical (unpaired) electrons. The van der Waals surface area contributed by atoms with E-state index in [9.17, 15) is 28.2 Å². The molecule has 2 saturated heterocycles. The van der Waals surface area contributed by atoms with Gasteiger partial charge in [-0.05, 0) is 42.9 Å². The molecule has 0 saturated carbocycles. The molecule has 3 unspecified atom stereocenters. The first-order chi connectivity index (χ1) is 18.2. The lowest BCUT2D eigenvalue weighted by Gasteiger charge is -2.30. The quantitative estimate of drug-likeness (QED) is 0.378. The summed E-state index contributed by atoms with van der Waals surface area (Å²) < 4.78 is 32.0. The molecule has 4 rings (SSSR count). The lowest BCUT2D eigenvalue weighted by atomic mass is 9.83. The number of nitrogens with zero attached hydrogens (tertiary/aromatic N) is 3.